The monoisotopic (exact) mass is 261 g/mol. The predicted octanol–water partition coefficient (Wildman–Crippen LogP) is 1.52. The van der Waals surface area contributed by atoms with E-state index in [-0.39, 0.29) is 11.9 Å². The molecule has 0 bridgehead atoms. The van der Waals surface area contributed by atoms with Crippen molar-refractivity contribution in [2.24, 2.45) is 7.05 Å². The smallest absolute Gasteiger partial charge is 0.270 e. The van der Waals surface area contributed by atoms with E-state index in [4.69, 9.17) is 0 Å². The van der Waals surface area contributed by atoms with Crippen LogP contribution in [0.25, 0.3) is 5.95 Å². The lowest BCUT2D eigenvalue weighted by Crippen LogP contribution is -2.34. The van der Waals surface area contributed by atoms with E-state index in [1.54, 1.807) is 16.9 Å². The van der Waals surface area contributed by atoms with Crippen molar-refractivity contribution in [3.05, 3.63) is 30.4 Å². The maximum atomic E-state index is 12.1. The maximum absolute atomic E-state index is 12.1. The zero-order valence-corrected chi connectivity index (χ0v) is 11.5. The van der Waals surface area contributed by atoms with Gasteiger partial charge in [0.05, 0.1) is 0 Å². The lowest BCUT2D eigenvalue weighted by atomic mass is 10.1. The summed E-state index contributed by atoms with van der Waals surface area (Å²) in [5, 5.41) is 2.97. The topological polar surface area (TPSA) is 64.7 Å². The summed E-state index contributed by atoms with van der Waals surface area (Å²) in [6.45, 7) is 4.11. The van der Waals surface area contributed by atoms with Crippen LogP contribution < -0.4 is 5.32 Å². The zero-order chi connectivity index (χ0) is 13.8. The molecular formula is C13H19N5O. The van der Waals surface area contributed by atoms with Gasteiger partial charge in [-0.1, -0.05) is 13.8 Å². The van der Waals surface area contributed by atoms with Crippen LogP contribution in [-0.2, 0) is 7.05 Å². The zero-order valence-electron chi connectivity index (χ0n) is 11.5. The first-order valence-corrected chi connectivity index (χ1v) is 6.50. The molecule has 0 aliphatic carbocycles. The molecule has 0 unspecified atom stereocenters. The Morgan fingerprint density at radius 3 is 2.63 bits per heavy atom. The highest BCUT2D eigenvalue weighted by Gasteiger charge is 2.13. The van der Waals surface area contributed by atoms with Gasteiger partial charge in [0.15, 0.2) is 0 Å². The molecule has 1 amide bonds. The molecule has 0 saturated heterocycles. The number of carbonyl (C=O) groups is 1. The largest absolute Gasteiger partial charge is 0.348 e. The summed E-state index contributed by atoms with van der Waals surface area (Å²) in [5.41, 5.74) is 0.394. The van der Waals surface area contributed by atoms with Crippen molar-refractivity contribution < 1.29 is 4.79 Å². The fourth-order valence-electron chi connectivity index (χ4n) is 1.81. The molecule has 2 aromatic heterocycles. The van der Waals surface area contributed by atoms with Crippen LogP contribution in [0.5, 0.6) is 0 Å². The lowest BCUT2D eigenvalue weighted by Gasteiger charge is -2.16. The Hall–Kier alpha value is -2.11. The Labute approximate surface area is 112 Å². The van der Waals surface area contributed by atoms with Crippen LogP contribution in [-0.4, -0.2) is 31.3 Å². The van der Waals surface area contributed by atoms with E-state index in [1.807, 2.05) is 24.1 Å². The molecular weight excluding hydrogens is 242 g/mol. The van der Waals surface area contributed by atoms with Gasteiger partial charge < -0.3 is 5.32 Å². The highest BCUT2D eigenvalue weighted by Crippen LogP contribution is 2.05. The first kappa shape index (κ1) is 13.3. The van der Waals surface area contributed by atoms with Crippen LogP contribution in [0, 0.1) is 0 Å². The summed E-state index contributed by atoms with van der Waals surface area (Å²) in [5.74, 6) is 0.353. The quantitative estimate of drug-likeness (QED) is 0.887. The van der Waals surface area contributed by atoms with Crippen molar-refractivity contribution in [3.8, 4) is 5.95 Å². The number of hydrogen-bond acceptors (Lipinski definition) is 3. The van der Waals surface area contributed by atoms with E-state index in [0.717, 1.165) is 12.8 Å². The molecule has 0 aliphatic heterocycles. The fraction of sp³-hybridized carbons (Fsp3) is 0.462. The second kappa shape index (κ2) is 5.69. The van der Waals surface area contributed by atoms with E-state index in [9.17, 15) is 4.79 Å². The van der Waals surface area contributed by atoms with Crippen molar-refractivity contribution in [3.63, 3.8) is 0 Å². The van der Waals surface area contributed by atoms with Crippen LogP contribution in [0.2, 0.25) is 0 Å². The molecule has 1 N–H and O–H groups in total. The molecule has 6 nitrogen and oxygen atoms in total. The summed E-state index contributed by atoms with van der Waals surface area (Å²) in [6.07, 6.45) is 7.16. The molecule has 6 heteroatoms. The van der Waals surface area contributed by atoms with Gasteiger partial charge in [-0.2, -0.15) is 0 Å². The SMILES string of the molecule is CCC(CC)NC(=O)c1ccnc(-n2ccn2C)n1. The number of hydrogen-bond donors (Lipinski definition) is 1. The molecule has 0 aliphatic rings. The second-order valence-electron chi connectivity index (χ2n) is 4.45. The van der Waals surface area contributed by atoms with Crippen LogP contribution in [0.3, 0.4) is 0 Å². The van der Waals surface area contributed by atoms with Gasteiger partial charge in [-0.25, -0.2) is 14.6 Å². The molecule has 19 heavy (non-hydrogen) atoms. The Morgan fingerprint density at radius 2 is 2.11 bits per heavy atom. The molecule has 2 aromatic rings. The molecule has 0 radical (unpaired) electrons. The predicted molar refractivity (Wildman–Crippen MR) is 72.2 cm³/mol. The highest BCUT2D eigenvalue weighted by atomic mass is 16.1. The molecule has 2 rings (SSSR count). The minimum atomic E-state index is -0.149. The maximum Gasteiger partial charge on any atom is 0.270 e. The average molecular weight is 261 g/mol. The minimum Gasteiger partial charge on any atom is -0.348 e. The van der Waals surface area contributed by atoms with E-state index in [2.05, 4.69) is 29.1 Å². The van der Waals surface area contributed by atoms with Crippen molar-refractivity contribution >= 4 is 5.91 Å². The van der Waals surface area contributed by atoms with Gasteiger partial charge in [-0.05, 0) is 18.9 Å². The van der Waals surface area contributed by atoms with E-state index in [0.29, 0.717) is 11.6 Å². The van der Waals surface area contributed by atoms with Crippen molar-refractivity contribution in [2.75, 3.05) is 0 Å². The molecule has 0 fully saturated rings. The number of aryl methyl sites for hydroxylation is 1. The normalized spacial score (nSPS) is 10.9. The highest BCUT2D eigenvalue weighted by molar-refractivity contribution is 5.92. The molecule has 0 saturated carbocycles. The van der Waals surface area contributed by atoms with Gasteiger partial charge in [0.25, 0.3) is 5.91 Å². The number of nitrogens with zero attached hydrogens (tertiary/aromatic N) is 4. The Kier molecular flexibility index (Phi) is 3.99. The number of aromatic nitrogens is 4. The number of amides is 1. The van der Waals surface area contributed by atoms with Gasteiger partial charge in [0.1, 0.15) is 5.69 Å². The fourth-order valence-corrected chi connectivity index (χ4v) is 1.81. The van der Waals surface area contributed by atoms with Crippen molar-refractivity contribution in [1.82, 2.24) is 24.6 Å². The summed E-state index contributed by atoms with van der Waals surface area (Å²) < 4.78 is 3.62. The first-order chi connectivity index (χ1) is 9.15. The minimum absolute atomic E-state index is 0.149. The van der Waals surface area contributed by atoms with Crippen molar-refractivity contribution in [1.29, 1.82) is 0 Å². The van der Waals surface area contributed by atoms with Gasteiger partial charge >= 0.3 is 0 Å². The summed E-state index contributed by atoms with van der Waals surface area (Å²) in [7, 11) is 1.89. The van der Waals surface area contributed by atoms with Crippen molar-refractivity contribution in [2.45, 2.75) is 32.7 Å². The molecule has 0 atom stereocenters. The van der Waals surface area contributed by atoms with E-state index < -0.39 is 0 Å². The summed E-state index contributed by atoms with van der Waals surface area (Å²) in [6, 6.07) is 1.82. The molecule has 102 valence electrons. The van der Waals surface area contributed by atoms with Gasteiger partial charge in [-0.3, -0.25) is 9.48 Å². The Bertz CT molecular complexity index is 553. The van der Waals surface area contributed by atoms with Crippen LogP contribution in [0.4, 0.5) is 0 Å². The van der Waals surface area contributed by atoms with Crippen LogP contribution >= 0.6 is 0 Å². The molecule has 0 spiro atoms. The van der Waals surface area contributed by atoms with Gasteiger partial charge in [-0.15, -0.1) is 0 Å². The standard InChI is InChI=1S/C13H19N5O/c1-4-10(5-2)15-12(19)11-6-7-14-13(16-11)18-9-8-17(18)3/h6-10H,4-5H2,1-3H3,(H,15,19). The van der Waals surface area contributed by atoms with E-state index in [1.165, 1.54) is 0 Å². The third-order valence-electron chi connectivity index (χ3n) is 3.16. The van der Waals surface area contributed by atoms with Gasteiger partial charge in [0, 0.05) is 31.7 Å². The molecule has 2 heterocycles. The first-order valence-electron chi connectivity index (χ1n) is 6.50. The number of rotatable bonds is 5. The molecule has 0 aromatic carbocycles. The lowest BCUT2D eigenvalue weighted by molar-refractivity contribution is 0.0929. The Balaban J connectivity index is 2.16. The van der Waals surface area contributed by atoms with Gasteiger partial charge in [0.2, 0.25) is 5.95 Å². The summed E-state index contributed by atoms with van der Waals surface area (Å²) in [4.78, 5) is 20.5. The second-order valence-corrected chi connectivity index (χ2v) is 4.45. The van der Waals surface area contributed by atoms with Crippen LogP contribution in [0.1, 0.15) is 37.2 Å². The summed E-state index contributed by atoms with van der Waals surface area (Å²) >= 11 is 0. The number of nitrogens with one attached hydrogen (secondary N) is 1. The Morgan fingerprint density at radius 1 is 1.37 bits per heavy atom. The van der Waals surface area contributed by atoms with E-state index >= 15 is 0 Å². The third-order valence-corrected chi connectivity index (χ3v) is 3.16. The average Bonchev–Trinajstić information content (AvgIpc) is 2.43. The third kappa shape index (κ3) is 2.83. The van der Waals surface area contributed by atoms with Crippen LogP contribution in [0.15, 0.2) is 24.7 Å². The number of carbonyl (C=O) groups excluding carboxylic acids is 1.